The summed E-state index contributed by atoms with van der Waals surface area (Å²) >= 11 is 0. The normalized spacial score (nSPS) is 17.1. The Bertz CT molecular complexity index is 1240. The van der Waals surface area contributed by atoms with Gasteiger partial charge in [0.15, 0.2) is 5.65 Å². The Hall–Kier alpha value is -3.95. The first-order valence-corrected chi connectivity index (χ1v) is 10.5. The van der Waals surface area contributed by atoms with E-state index in [4.69, 9.17) is 0 Å². The van der Waals surface area contributed by atoms with Gasteiger partial charge in [0.25, 0.3) is 5.91 Å². The fourth-order valence-electron chi connectivity index (χ4n) is 3.51. The summed E-state index contributed by atoms with van der Waals surface area (Å²) in [5, 5.41) is 13.4. The topological polar surface area (TPSA) is 117 Å². The van der Waals surface area contributed by atoms with Crippen molar-refractivity contribution < 1.29 is 9.59 Å². The fourth-order valence-corrected chi connectivity index (χ4v) is 3.51. The lowest BCUT2D eigenvalue weighted by molar-refractivity contribution is -0.124. The van der Waals surface area contributed by atoms with E-state index in [1.807, 2.05) is 26.2 Å². The van der Waals surface area contributed by atoms with Crippen LogP contribution in [0.3, 0.4) is 0 Å². The van der Waals surface area contributed by atoms with Crippen LogP contribution >= 0.6 is 0 Å². The van der Waals surface area contributed by atoms with E-state index in [1.54, 1.807) is 16.8 Å². The third-order valence-electron chi connectivity index (χ3n) is 5.41. The van der Waals surface area contributed by atoms with Crippen LogP contribution in [0.15, 0.2) is 36.0 Å². The molecule has 0 radical (unpaired) electrons. The van der Waals surface area contributed by atoms with Crippen molar-refractivity contribution in [3.05, 3.63) is 47.2 Å². The fraction of sp³-hybridized carbons (Fsp3) is 0.318. The number of hydrogen-bond donors (Lipinski definition) is 3. The monoisotopic (exact) mass is 432 g/mol. The molecule has 5 rings (SSSR count). The van der Waals surface area contributed by atoms with Gasteiger partial charge >= 0.3 is 0 Å². The summed E-state index contributed by atoms with van der Waals surface area (Å²) in [6.07, 6.45) is 5.54. The van der Waals surface area contributed by atoms with Crippen molar-refractivity contribution in [3.8, 4) is 0 Å². The van der Waals surface area contributed by atoms with Crippen molar-refractivity contribution in [2.75, 3.05) is 29.6 Å². The van der Waals surface area contributed by atoms with Crippen LogP contribution in [-0.4, -0.2) is 51.5 Å². The van der Waals surface area contributed by atoms with Crippen molar-refractivity contribution in [2.24, 2.45) is 0 Å². The molecule has 164 valence electrons. The first-order chi connectivity index (χ1) is 15.5. The predicted molar refractivity (Wildman–Crippen MR) is 121 cm³/mol. The summed E-state index contributed by atoms with van der Waals surface area (Å²) < 4.78 is 1.64. The van der Waals surface area contributed by atoms with Crippen molar-refractivity contribution in [1.82, 2.24) is 24.9 Å². The minimum atomic E-state index is -0.376. The highest BCUT2D eigenvalue weighted by atomic mass is 16.2. The number of benzene rings is 1. The quantitative estimate of drug-likeness (QED) is 0.382. The van der Waals surface area contributed by atoms with E-state index in [2.05, 4.69) is 48.0 Å². The Kier molecular flexibility index (Phi) is 4.96. The zero-order chi connectivity index (χ0) is 22.2. The van der Waals surface area contributed by atoms with Crippen LogP contribution in [0.1, 0.15) is 30.4 Å². The number of aromatic nitrogens is 4. The molecule has 0 spiro atoms. The summed E-state index contributed by atoms with van der Waals surface area (Å²) in [4.78, 5) is 34.8. The third-order valence-corrected chi connectivity index (χ3v) is 5.41. The number of fused-ring (bicyclic) bond motifs is 1. The Labute approximate surface area is 184 Å². The zero-order valence-electron chi connectivity index (χ0n) is 17.9. The van der Waals surface area contributed by atoms with Gasteiger partial charge in [-0.15, -0.1) is 0 Å². The number of carbonyl (C=O) groups excluding carboxylic acids is 2. The molecular weight excluding hydrogens is 408 g/mol. The second-order valence-corrected chi connectivity index (χ2v) is 8.27. The van der Waals surface area contributed by atoms with Gasteiger partial charge in [-0.25, -0.2) is 0 Å². The van der Waals surface area contributed by atoms with Crippen LogP contribution in [0.4, 0.5) is 17.6 Å². The first kappa shape index (κ1) is 20.0. The molecule has 1 saturated carbocycles. The molecule has 0 bridgehead atoms. The number of amides is 2. The smallest absolute Gasteiger partial charge is 0.254 e. The number of nitrogens with one attached hydrogen (secondary N) is 3. The van der Waals surface area contributed by atoms with Crippen LogP contribution in [0, 0.1) is 0 Å². The minimum absolute atomic E-state index is 0.0573. The van der Waals surface area contributed by atoms with Crippen molar-refractivity contribution in [1.29, 1.82) is 0 Å². The van der Waals surface area contributed by atoms with Crippen molar-refractivity contribution >= 4 is 41.1 Å². The maximum atomic E-state index is 12.0. The highest BCUT2D eigenvalue weighted by Gasteiger charge is 2.26. The molecule has 1 aromatic carbocycles. The molecular formula is C22H24N8O2. The number of nitrogens with zero attached hydrogens (tertiary/aromatic N) is 5. The Morgan fingerprint density at radius 2 is 2.09 bits per heavy atom. The first-order valence-electron chi connectivity index (χ1n) is 10.5. The van der Waals surface area contributed by atoms with E-state index in [0.717, 1.165) is 24.1 Å². The van der Waals surface area contributed by atoms with Crippen molar-refractivity contribution in [2.45, 2.75) is 31.8 Å². The molecule has 32 heavy (non-hydrogen) atoms. The average Bonchev–Trinajstić information content (AvgIpc) is 3.41. The Morgan fingerprint density at radius 3 is 2.81 bits per heavy atom. The second kappa shape index (κ2) is 7.95. The summed E-state index contributed by atoms with van der Waals surface area (Å²) in [7, 11) is 4.01. The summed E-state index contributed by atoms with van der Waals surface area (Å²) in [6, 6.07) is 8.61. The van der Waals surface area contributed by atoms with Crippen LogP contribution in [0.25, 0.3) is 11.7 Å². The Balaban J connectivity index is 1.47. The lowest BCUT2D eigenvalue weighted by atomic mass is 10.1. The third kappa shape index (κ3) is 4.11. The summed E-state index contributed by atoms with van der Waals surface area (Å²) in [5.41, 5.74) is 3.84. The van der Waals surface area contributed by atoms with Gasteiger partial charge < -0.3 is 15.5 Å². The lowest BCUT2D eigenvalue weighted by Gasteiger charge is -2.14. The molecule has 0 atom stereocenters. The summed E-state index contributed by atoms with van der Waals surface area (Å²) in [6.45, 7) is 0.558. The zero-order valence-corrected chi connectivity index (χ0v) is 17.9. The summed E-state index contributed by atoms with van der Waals surface area (Å²) in [5.74, 6) is 0.381. The maximum absolute atomic E-state index is 12.0. The largest absolute Gasteiger partial charge is 0.378 e. The minimum Gasteiger partial charge on any atom is -0.378 e. The Morgan fingerprint density at radius 1 is 1.25 bits per heavy atom. The van der Waals surface area contributed by atoms with E-state index in [9.17, 15) is 9.59 Å². The highest BCUT2D eigenvalue weighted by Crippen LogP contribution is 2.26. The van der Waals surface area contributed by atoms with Crippen LogP contribution in [0.5, 0.6) is 0 Å². The highest BCUT2D eigenvalue weighted by molar-refractivity contribution is 6.15. The molecule has 10 nitrogen and oxygen atoms in total. The number of rotatable bonds is 7. The van der Waals surface area contributed by atoms with Crippen LogP contribution in [0.2, 0.25) is 0 Å². The van der Waals surface area contributed by atoms with E-state index in [-0.39, 0.29) is 18.2 Å². The van der Waals surface area contributed by atoms with Gasteiger partial charge in [0.1, 0.15) is 0 Å². The maximum Gasteiger partial charge on any atom is 0.254 e. The molecule has 2 amide bonds. The van der Waals surface area contributed by atoms with Gasteiger partial charge in [-0.1, -0.05) is 12.1 Å². The molecule has 1 aliphatic carbocycles. The molecule has 0 unspecified atom stereocenters. The van der Waals surface area contributed by atoms with Crippen LogP contribution < -0.4 is 20.9 Å². The molecule has 1 aliphatic heterocycles. The molecule has 3 N–H and O–H groups in total. The lowest BCUT2D eigenvalue weighted by Crippen LogP contribution is -2.19. The molecule has 3 heterocycles. The van der Waals surface area contributed by atoms with Gasteiger partial charge in [0, 0.05) is 43.5 Å². The average molecular weight is 432 g/mol. The van der Waals surface area contributed by atoms with Crippen LogP contribution in [-0.2, 0) is 16.1 Å². The van der Waals surface area contributed by atoms with Gasteiger partial charge in [0.05, 0.1) is 12.6 Å². The molecule has 2 aromatic heterocycles. The molecule has 3 aromatic rings. The van der Waals surface area contributed by atoms with E-state index in [1.165, 1.54) is 0 Å². The standard InChI is InChI=1S/C22H24N8O2/c1-29(2)17-5-3-4-13(8-17)11-23-21-27-19-15(9-14-10-18(31)26-20(14)32)12-24-30(19)22(28-21)25-16-6-7-16/h3-5,8-9,12,16H,6-7,10-11H2,1-2H3,(H,26,31,32)(H2,23,25,27,28)/b14-9+. The van der Waals surface area contributed by atoms with E-state index >= 15 is 0 Å². The predicted octanol–water partition coefficient (Wildman–Crippen LogP) is 1.81. The second-order valence-electron chi connectivity index (χ2n) is 8.27. The van der Waals surface area contributed by atoms with Gasteiger partial charge in [-0.05, 0) is 36.6 Å². The van der Waals surface area contributed by atoms with Gasteiger partial charge in [0.2, 0.25) is 17.8 Å². The molecule has 2 aliphatic rings. The van der Waals surface area contributed by atoms with Crippen molar-refractivity contribution in [3.63, 3.8) is 0 Å². The van der Waals surface area contributed by atoms with E-state index < -0.39 is 0 Å². The number of anilines is 3. The number of imide groups is 1. The number of hydrogen-bond acceptors (Lipinski definition) is 8. The SMILES string of the molecule is CN(C)c1cccc(CNc2nc(NC3CC3)n3ncc(/C=C4\CC(=O)NC4=O)c3n2)c1. The van der Waals surface area contributed by atoms with Gasteiger partial charge in [-0.2, -0.15) is 19.6 Å². The van der Waals surface area contributed by atoms with E-state index in [0.29, 0.717) is 41.3 Å². The molecule has 2 fully saturated rings. The van der Waals surface area contributed by atoms with Gasteiger partial charge in [-0.3, -0.25) is 14.9 Å². The number of carbonyl (C=O) groups is 2. The molecule has 10 heteroatoms. The molecule has 1 saturated heterocycles.